The molecule has 0 radical (unpaired) electrons. The van der Waals surface area contributed by atoms with Gasteiger partial charge in [-0.15, -0.1) is 0 Å². The number of anilines is 1. The third-order valence-electron chi connectivity index (χ3n) is 4.14. The van der Waals surface area contributed by atoms with Crippen molar-refractivity contribution < 1.29 is 9.90 Å². The van der Waals surface area contributed by atoms with Crippen LogP contribution in [0.1, 0.15) is 29.8 Å². The lowest BCUT2D eigenvalue weighted by Gasteiger charge is -2.24. The summed E-state index contributed by atoms with van der Waals surface area (Å²) in [7, 11) is 1.90. The van der Waals surface area contributed by atoms with E-state index in [1.165, 1.54) is 18.3 Å². The molecule has 2 heterocycles. The number of nitriles is 1. The Morgan fingerprint density at radius 1 is 1.19 bits per heavy atom. The van der Waals surface area contributed by atoms with Gasteiger partial charge in [-0.3, -0.25) is 4.98 Å². The highest BCUT2D eigenvalue weighted by atomic mass is 16.4. The molecule has 0 amide bonds. The van der Waals surface area contributed by atoms with Gasteiger partial charge < -0.3 is 10.0 Å². The van der Waals surface area contributed by atoms with Crippen molar-refractivity contribution in [3.63, 3.8) is 0 Å². The van der Waals surface area contributed by atoms with Crippen molar-refractivity contribution in [2.75, 3.05) is 11.9 Å². The summed E-state index contributed by atoms with van der Waals surface area (Å²) in [4.78, 5) is 26.8. The molecule has 0 bridgehead atoms. The zero-order chi connectivity index (χ0) is 18.8. The summed E-state index contributed by atoms with van der Waals surface area (Å²) in [5.74, 6) is -0.405. The van der Waals surface area contributed by atoms with Crippen LogP contribution >= 0.6 is 0 Å². The summed E-state index contributed by atoms with van der Waals surface area (Å²) in [5, 5.41) is 18.2. The first-order chi connectivity index (χ1) is 12.4. The van der Waals surface area contributed by atoms with E-state index in [2.05, 4.69) is 15.0 Å². The summed E-state index contributed by atoms with van der Waals surface area (Å²) in [5.41, 5.74) is 2.90. The van der Waals surface area contributed by atoms with E-state index in [9.17, 15) is 9.90 Å². The third kappa shape index (κ3) is 3.17. The van der Waals surface area contributed by atoms with Gasteiger partial charge >= 0.3 is 5.97 Å². The number of carbonyl (C=O) groups is 1. The fourth-order valence-corrected chi connectivity index (χ4v) is 2.44. The molecule has 1 aromatic carbocycles. The number of benzene rings is 1. The Kier molecular flexibility index (Phi) is 4.50. The van der Waals surface area contributed by atoms with Crippen LogP contribution in [0.2, 0.25) is 0 Å². The van der Waals surface area contributed by atoms with Crippen LogP contribution in [0.25, 0.3) is 22.4 Å². The molecular formula is C19H17N5O2. The van der Waals surface area contributed by atoms with Gasteiger partial charge in [0, 0.05) is 19.3 Å². The molecule has 0 aliphatic carbocycles. The van der Waals surface area contributed by atoms with Gasteiger partial charge in [-0.1, -0.05) is 0 Å². The number of aromatic nitrogens is 3. The Morgan fingerprint density at radius 2 is 1.96 bits per heavy atom. The lowest BCUT2D eigenvalue weighted by Crippen LogP contribution is -2.27. The maximum absolute atomic E-state index is 11.2. The van der Waals surface area contributed by atoms with Gasteiger partial charge in [0.15, 0.2) is 5.82 Å². The first-order valence-electron chi connectivity index (χ1n) is 8.05. The molecule has 0 unspecified atom stereocenters. The first kappa shape index (κ1) is 17.3. The summed E-state index contributed by atoms with van der Waals surface area (Å²) < 4.78 is 0. The Balaban J connectivity index is 2.24. The Bertz CT molecular complexity index is 1020. The molecule has 0 saturated carbocycles. The zero-order valence-corrected chi connectivity index (χ0v) is 14.6. The van der Waals surface area contributed by atoms with Crippen molar-refractivity contribution in [1.82, 2.24) is 15.0 Å². The smallest absolute Gasteiger partial charge is 0.335 e. The van der Waals surface area contributed by atoms with Crippen molar-refractivity contribution in [3.8, 4) is 17.5 Å². The number of carboxylic acids is 1. The molecule has 0 aliphatic heterocycles. The molecule has 3 rings (SSSR count). The van der Waals surface area contributed by atoms with Crippen LogP contribution in [0.5, 0.6) is 0 Å². The Labute approximate surface area is 150 Å². The molecule has 2 aromatic heterocycles. The number of carboxylic acid groups (broad SMARTS) is 1. The molecule has 7 heteroatoms. The molecule has 130 valence electrons. The molecule has 0 saturated heterocycles. The van der Waals surface area contributed by atoms with Gasteiger partial charge in [0.05, 0.1) is 27.9 Å². The maximum Gasteiger partial charge on any atom is 0.335 e. The van der Waals surface area contributed by atoms with Crippen LogP contribution in [0.3, 0.4) is 0 Å². The second kappa shape index (κ2) is 6.76. The van der Waals surface area contributed by atoms with E-state index in [0.717, 1.165) is 0 Å². The Hall–Kier alpha value is -3.53. The van der Waals surface area contributed by atoms with Crippen LogP contribution < -0.4 is 4.90 Å². The monoisotopic (exact) mass is 347 g/mol. The van der Waals surface area contributed by atoms with Crippen LogP contribution in [-0.4, -0.2) is 39.1 Å². The minimum absolute atomic E-state index is 0.154. The number of nitrogens with zero attached hydrogens (tertiary/aromatic N) is 5. The average molecular weight is 347 g/mol. The van der Waals surface area contributed by atoms with Gasteiger partial charge in [0.2, 0.25) is 0 Å². The van der Waals surface area contributed by atoms with E-state index in [0.29, 0.717) is 33.8 Å². The normalized spacial score (nSPS) is 10.7. The number of aromatic carboxylic acids is 1. The number of pyridine rings is 1. The second-order valence-electron chi connectivity index (χ2n) is 6.15. The molecule has 26 heavy (non-hydrogen) atoms. The van der Waals surface area contributed by atoms with E-state index in [-0.39, 0.29) is 11.6 Å². The summed E-state index contributed by atoms with van der Waals surface area (Å²) in [6.45, 7) is 4.05. The molecule has 7 nitrogen and oxygen atoms in total. The average Bonchev–Trinajstić information content (AvgIpc) is 2.65. The molecule has 0 atom stereocenters. The van der Waals surface area contributed by atoms with Gasteiger partial charge in [0.25, 0.3) is 0 Å². The van der Waals surface area contributed by atoms with Crippen LogP contribution in [0.15, 0.2) is 36.5 Å². The van der Waals surface area contributed by atoms with Crippen LogP contribution in [0.4, 0.5) is 5.82 Å². The lowest BCUT2D eigenvalue weighted by atomic mass is 10.1. The van der Waals surface area contributed by atoms with Gasteiger partial charge in [-0.05, 0) is 44.2 Å². The fourth-order valence-electron chi connectivity index (χ4n) is 2.44. The van der Waals surface area contributed by atoms with Gasteiger partial charge in [-0.2, -0.15) is 5.26 Å². The van der Waals surface area contributed by atoms with E-state index < -0.39 is 5.97 Å². The van der Waals surface area contributed by atoms with Crippen molar-refractivity contribution in [3.05, 3.63) is 47.7 Å². The molecule has 0 spiro atoms. The molecule has 0 aliphatic rings. The quantitative estimate of drug-likeness (QED) is 0.773. The number of hydrogen-bond donors (Lipinski definition) is 1. The SMILES string of the molecule is CC(C)N(C)c1nc2cc(C(=O)O)ccc2nc1-c1ccc(C#N)cn1. The van der Waals surface area contributed by atoms with Crippen molar-refractivity contribution in [1.29, 1.82) is 5.26 Å². The summed E-state index contributed by atoms with van der Waals surface area (Å²) in [6, 6.07) is 10.3. The molecule has 1 N–H and O–H groups in total. The molecule has 3 aromatic rings. The predicted molar refractivity (Wildman–Crippen MR) is 98.0 cm³/mol. The van der Waals surface area contributed by atoms with Gasteiger partial charge in [-0.25, -0.2) is 14.8 Å². The van der Waals surface area contributed by atoms with E-state index in [1.54, 1.807) is 18.2 Å². The van der Waals surface area contributed by atoms with Crippen LogP contribution in [-0.2, 0) is 0 Å². The third-order valence-corrected chi connectivity index (χ3v) is 4.14. The lowest BCUT2D eigenvalue weighted by molar-refractivity contribution is 0.0697. The maximum atomic E-state index is 11.2. The highest BCUT2D eigenvalue weighted by Gasteiger charge is 2.18. The number of rotatable bonds is 4. The van der Waals surface area contributed by atoms with E-state index >= 15 is 0 Å². The van der Waals surface area contributed by atoms with Crippen molar-refractivity contribution in [2.45, 2.75) is 19.9 Å². The highest BCUT2D eigenvalue weighted by molar-refractivity contribution is 5.93. The van der Waals surface area contributed by atoms with Crippen molar-refractivity contribution >= 4 is 22.8 Å². The summed E-state index contributed by atoms with van der Waals surface area (Å²) >= 11 is 0. The predicted octanol–water partition coefficient (Wildman–Crippen LogP) is 3.11. The van der Waals surface area contributed by atoms with Crippen molar-refractivity contribution in [2.24, 2.45) is 0 Å². The van der Waals surface area contributed by atoms with E-state index in [1.807, 2.05) is 31.9 Å². The highest BCUT2D eigenvalue weighted by Crippen LogP contribution is 2.29. The minimum Gasteiger partial charge on any atom is -0.478 e. The molecule has 0 fully saturated rings. The Morgan fingerprint density at radius 3 is 2.54 bits per heavy atom. The first-order valence-corrected chi connectivity index (χ1v) is 8.05. The fraction of sp³-hybridized carbons (Fsp3) is 0.211. The standard InChI is InChI=1S/C19H17N5O2/c1-11(2)24(3)18-17(15-6-4-12(9-20)10-21-15)22-14-7-5-13(19(25)26)8-16(14)23-18/h4-8,10-11H,1-3H3,(H,25,26). The second-order valence-corrected chi connectivity index (χ2v) is 6.15. The topological polar surface area (TPSA) is 103 Å². The zero-order valence-electron chi connectivity index (χ0n) is 14.6. The number of hydrogen-bond acceptors (Lipinski definition) is 6. The largest absolute Gasteiger partial charge is 0.478 e. The number of fused-ring (bicyclic) bond motifs is 1. The van der Waals surface area contributed by atoms with Crippen LogP contribution in [0, 0.1) is 11.3 Å². The summed E-state index contributed by atoms with van der Waals surface area (Å²) in [6.07, 6.45) is 1.49. The minimum atomic E-state index is -1.01. The van der Waals surface area contributed by atoms with Gasteiger partial charge in [0.1, 0.15) is 11.8 Å². The molecular weight excluding hydrogens is 330 g/mol. The van der Waals surface area contributed by atoms with E-state index in [4.69, 9.17) is 5.26 Å².